The van der Waals surface area contributed by atoms with Crippen molar-refractivity contribution in [3.63, 3.8) is 0 Å². The van der Waals surface area contributed by atoms with Gasteiger partial charge in [-0.05, 0) is 74.0 Å². The molecule has 1 aromatic rings. The highest BCUT2D eigenvalue weighted by Crippen LogP contribution is 2.29. The number of benzene rings is 1. The van der Waals surface area contributed by atoms with Gasteiger partial charge < -0.3 is 19.9 Å². The van der Waals surface area contributed by atoms with Crippen molar-refractivity contribution < 1.29 is 23.8 Å². The Kier molecular flexibility index (Phi) is 11.6. The lowest BCUT2D eigenvalue weighted by atomic mass is 9.82. The Bertz CT molecular complexity index is 720. The lowest BCUT2D eigenvalue weighted by molar-refractivity contribution is -0.127. The summed E-state index contributed by atoms with van der Waals surface area (Å²) < 4.78 is 24.8. The van der Waals surface area contributed by atoms with E-state index in [-0.39, 0.29) is 29.3 Å². The van der Waals surface area contributed by atoms with Crippen LogP contribution < -0.4 is 10.1 Å². The Morgan fingerprint density at radius 2 is 1.88 bits per heavy atom. The minimum atomic E-state index is -0.503. The first kappa shape index (κ1) is 27.6. The van der Waals surface area contributed by atoms with E-state index >= 15 is 0 Å². The number of carbonyl (C=O) groups excluding carboxylic acids is 1. The normalized spacial score (nSPS) is 16.6. The van der Waals surface area contributed by atoms with Gasteiger partial charge in [0.25, 0.3) is 0 Å². The fourth-order valence-corrected chi connectivity index (χ4v) is 4.18. The van der Waals surface area contributed by atoms with E-state index in [1.807, 2.05) is 19.9 Å². The number of ether oxygens (including phenoxy) is 2. The Labute approximate surface area is 199 Å². The van der Waals surface area contributed by atoms with E-state index < -0.39 is 6.10 Å². The SMILES string of the molecule is COCCCOc1cc(C[C@H](CC[C@H](O)C[C@H](C(=O)NC2CC2)C(C)C)C(C)C)ccc1F. The maximum atomic E-state index is 14.1. The highest BCUT2D eigenvalue weighted by molar-refractivity contribution is 5.79. The molecule has 0 heterocycles. The molecule has 1 saturated carbocycles. The van der Waals surface area contributed by atoms with Gasteiger partial charge in [0.2, 0.25) is 5.91 Å². The number of aliphatic hydroxyl groups excluding tert-OH is 1. The Hall–Kier alpha value is -1.66. The molecule has 0 unspecified atom stereocenters. The fraction of sp³-hybridized carbons (Fsp3) is 0.741. The Morgan fingerprint density at radius 3 is 2.48 bits per heavy atom. The van der Waals surface area contributed by atoms with E-state index in [1.54, 1.807) is 13.2 Å². The third-order valence-corrected chi connectivity index (χ3v) is 6.65. The monoisotopic (exact) mass is 465 g/mol. The second kappa shape index (κ2) is 13.9. The molecule has 1 amide bonds. The number of aliphatic hydroxyl groups is 1. The largest absolute Gasteiger partial charge is 0.490 e. The van der Waals surface area contributed by atoms with Gasteiger partial charge in [-0.15, -0.1) is 0 Å². The first-order valence-corrected chi connectivity index (χ1v) is 12.6. The van der Waals surface area contributed by atoms with Crippen molar-refractivity contribution in [1.82, 2.24) is 5.32 Å². The van der Waals surface area contributed by atoms with Gasteiger partial charge >= 0.3 is 0 Å². The molecule has 1 aliphatic rings. The summed E-state index contributed by atoms with van der Waals surface area (Å²) in [5.74, 6) is 0.825. The summed E-state index contributed by atoms with van der Waals surface area (Å²) in [4.78, 5) is 12.6. The van der Waals surface area contributed by atoms with E-state index in [0.717, 1.165) is 31.2 Å². The molecule has 0 aromatic heterocycles. The first-order valence-electron chi connectivity index (χ1n) is 12.6. The first-order chi connectivity index (χ1) is 15.7. The van der Waals surface area contributed by atoms with Crippen molar-refractivity contribution in [1.29, 1.82) is 0 Å². The summed E-state index contributed by atoms with van der Waals surface area (Å²) in [5, 5.41) is 13.8. The number of methoxy groups -OCH3 is 1. The van der Waals surface area contributed by atoms with Crippen LogP contribution in [0.1, 0.15) is 71.8 Å². The third-order valence-electron chi connectivity index (χ3n) is 6.65. The van der Waals surface area contributed by atoms with Crippen LogP contribution in [0.5, 0.6) is 5.75 Å². The Balaban J connectivity index is 1.89. The fourth-order valence-electron chi connectivity index (χ4n) is 4.18. The summed E-state index contributed by atoms with van der Waals surface area (Å²) >= 11 is 0. The zero-order chi connectivity index (χ0) is 24.4. The van der Waals surface area contributed by atoms with E-state index in [1.165, 1.54) is 6.07 Å². The maximum Gasteiger partial charge on any atom is 0.223 e. The number of nitrogens with one attached hydrogen (secondary N) is 1. The van der Waals surface area contributed by atoms with Gasteiger partial charge in [0, 0.05) is 32.1 Å². The summed E-state index contributed by atoms with van der Waals surface area (Å²) in [5.41, 5.74) is 1.04. The summed E-state index contributed by atoms with van der Waals surface area (Å²) in [7, 11) is 1.64. The second-order valence-corrected chi connectivity index (χ2v) is 10.3. The van der Waals surface area contributed by atoms with Crippen LogP contribution in [0.15, 0.2) is 18.2 Å². The van der Waals surface area contributed by atoms with Gasteiger partial charge in [-0.25, -0.2) is 4.39 Å². The number of hydrogen-bond donors (Lipinski definition) is 2. The van der Waals surface area contributed by atoms with Gasteiger partial charge in [-0.2, -0.15) is 0 Å². The third kappa shape index (κ3) is 10.0. The molecule has 188 valence electrons. The van der Waals surface area contributed by atoms with Crippen LogP contribution in [0.4, 0.5) is 4.39 Å². The van der Waals surface area contributed by atoms with E-state index in [9.17, 15) is 14.3 Å². The Morgan fingerprint density at radius 1 is 1.15 bits per heavy atom. The molecule has 0 spiro atoms. The number of amides is 1. The van der Waals surface area contributed by atoms with Crippen molar-refractivity contribution in [3.8, 4) is 5.75 Å². The lowest BCUT2D eigenvalue weighted by Gasteiger charge is -2.26. The standard InChI is InChI=1S/C27H44FNO4/c1-18(2)21(15-20-7-12-25(28)26(16-20)33-14-6-13-32-5)8-11-23(30)17-24(19(3)4)27(31)29-22-9-10-22/h7,12,16,18-19,21-24,30H,6,8-11,13-15,17H2,1-5H3,(H,29,31)/t21-,23-,24-/m0/s1. The van der Waals surface area contributed by atoms with Gasteiger partial charge in [0.15, 0.2) is 11.6 Å². The van der Waals surface area contributed by atoms with E-state index in [0.29, 0.717) is 50.4 Å². The molecule has 0 radical (unpaired) electrons. The van der Waals surface area contributed by atoms with Gasteiger partial charge in [0.1, 0.15) is 0 Å². The highest BCUT2D eigenvalue weighted by atomic mass is 19.1. The molecule has 2 rings (SSSR count). The van der Waals surface area contributed by atoms with Crippen molar-refractivity contribution in [2.45, 2.75) is 84.8 Å². The van der Waals surface area contributed by atoms with Crippen LogP contribution in [0.2, 0.25) is 0 Å². The molecule has 1 aliphatic carbocycles. The number of halogens is 1. The molecular formula is C27H44FNO4. The molecule has 2 N–H and O–H groups in total. The van der Waals surface area contributed by atoms with Gasteiger partial charge in [-0.3, -0.25) is 4.79 Å². The number of hydrogen-bond acceptors (Lipinski definition) is 4. The van der Waals surface area contributed by atoms with Crippen LogP contribution in [0, 0.1) is 29.5 Å². The summed E-state index contributed by atoms with van der Waals surface area (Å²) in [6.45, 7) is 9.46. The predicted octanol–water partition coefficient (Wildman–Crippen LogP) is 5.14. The van der Waals surface area contributed by atoms with Crippen LogP contribution in [-0.2, 0) is 16.0 Å². The molecular weight excluding hydrogens is 421 g/mol. The highest BCUT2D eigenvalue weighted by Gasteiger charge is 2.30. The molecule has 0 bridgehead atoms. The quantitative estimate of drug-likeness (QED) is 0.332. The second-order valence-electron chi connectivity index (χ2n) is 10.3. The summed E-state index contributed by atoms with van der Waals surface area (Å²) in [6.07, 6.45) is 5.15. The molecule has 1 aromatic carbocycles. The minimum absolute atomic E-state index is 0.0799. The smallest absolute Gasteiger partial charge is 0.223 e. The van der Waals surface area contributed by atoms with Crippen LogP contribution >= 0.6 is 0 Å². The number of carbonyl (C=O) groups is 1. The topological polar surface area (TPSA) is 67.8 Å². The molecule has 0 saturated heterocycles. The maximum absolute atomic E-state index is 14.1. The molecule has 3 atom stereocenters. The molecule has 6 heteroatoms. The van der Waals surface area contributed by atoms with E-state index in [4.69, 9.17) is 9.47 Å². The van der Waals surface area contributed by atoms with Crippen LogP contribution in [0.25, 0.3) is 0 Å². The van der Waals surface area contributed by atoms with E-state index in [2.05, 4.69) is 19.2 Å². The number of rotatable bonds is 16. The van der Waals surface area contributed by atoms with Crippen LogP contribution in [-0.4, -0.2) is 43.5 Å². The van der Waals surface area contributed by atoms with Crippen molar-refractivity contribution >= 4 is 5.91 Å². The minimum Gasteiger partial charge on any atom is -0.490 e. The average molecular weight is 466 g/mol. The molecule has 33 heavy (non-hydrogen) atoms. The zero-order valence-corrected chi connectivity index (χ0v) is 21.1. The van der Waals surface area contributed by atoms with Crippen molar-refractivity contribution in [2.75, 3.05) is 20.3 Å². The zero-order valence-electron chi connectivity index (χ0n) is 21.1. The molecule has 1 fully saturated rings. The average Bonchev–Trinajstić information content (AvgIpc) is 3.57. The van der Waals surface area contributed by atoms with Gasteiger partial charge in [0.05, 0.1) is 12.7 Å². The van der Waals surface area contributed by atoms with Crippen LogP contribution in [0.3, 0.4) is 0 Å². The predicted molar refractivity (Wildman–Crippen MR) is 130 cm³/mol. The van der Waals surface area contributed by atoms with Gasteiger partial charge in [-0.1, -0.05) is 33.8 Å². The summed E-state index contributed by atoms with van der Waals surface area (Å²) in [6, 6.07) is 5.43. The van der Waals surface area contributed by atoms with Crippen molar-refractivity contribution in [2.24, 2.45) is 23.7 Å². The van der Waals surface area contributed by atoms with Crippen molar-refractivity contribution in [3.05, 3.63) is 29.6 Å². The molecule has 0 aliphatic heterocycles. The molecule has 5 nitrogen and oxygen atoms in total. The lowest BCUT2D eigenvalue weighted by Crippen LogP contribution is -2.37.